The van der Waals surface area contributed by atoms with Gasteiger partial charge in [0, 0.05) is 12.2 Å². The molecule has 2 heteroatoms. The normalized spacial score (nSPS) is 10.4. The summed E-state index contributed by atoms with van der Waals surface area (Å²) in [4.78, 5) is 11.5. The molecule has 0 radical (unpaired) electrons. The molecule has 0 aliphatic rings. The first kappa shape index (κ1) is 17.8. The lowest BCUT2D eigenvalue weighted by molar-refractivity contribution is -0.110. The van der Waals surface area contributed by atoms with E-state index in [2.05, 4.69) is 6.92 Å². The van der Waals surface area contributed by atoms with E-state index in [9.17, 15) is 4.79 Å². The molecule has 0 aromatic carbocycles. The summed E-state index contributed by atoms with van der Waals surface area (Å²) in [6.45, 7) is 6.33. The lowest BCUT2D eigenvalue weighted by Gasteiger charge is -2.01. The third-order valence-corrected chi connectivity index (χ3v) is 3.92. The van der Waals surface area contributed by atoms with Crippen LogP contribution in [0.1, 0.15) is 78.6 Å². The maximum Gasteiger partial charge on any atom is 0.192 e. The number of carbonyl (C=O) groups is 1. The zero-order chi connectivity index (χ0) is 13.6. The van der Waals surface area contributed by atoms with Gasteiger partial charge in [-0.2, -0.15) is 0 Å². The van der Waals surface area contributed by atoms with Crippen LogP contribution in [0.4, 0.5) is 0 Å². The smallest absolute Gasteiger partial charge is 0.192 e. The molecular formula is C16H30OS. The van der Waals surface area contributed by atoms with Crippen molar-refractivity contribution in [1.29, 1.82) is 0 Å². The van der Waals surface area contributed by atoms with E-state index in [-0.39, 0.29) is 0 Å². The maximum absolute atomic E-state index is 11.5. The minimum atomic E-state index is 0.319. The van der Waals surface area contributed by atoms with Gasteiger partial charge in [-0.05, 0) is 20.3 Å². The molecule has 0 unspecified atom stereocenters. The molecule has 0 aliphatic heterocycles. The molecule has 0 aromatic rings. The monoisotopic (exact) mass is 270 g/mol. The molecule has 0 spiro atoms. The highest BCUT2D eigenvalue weighted by molar-refractivity contribution is 8.13. The van der Waals surface area contributed by atoms with Gasteiger partial charge in [0.15, 0.2) is 5.12 Å². The molecule has 0 saturated carbocycles. The van der Waals surface area contributed by atoms with Crippen LogP contribution in [-0.2, 0) is 4.79 Å². The third kappa shape index (κ3) is 13.8. The van der Waals surface area contributed by atoms with Gasteiger partial charge in [-0.3, -0.25) is 4.79 Å². The lowest BCUT2D eigenvalue weighted by atomic mass is 10.1. The first-order valence-electron chi connectivity index (χ1n) is 7.45. The molecular weight excluding hydrogens is 240 g/mol. The fourth-order valence-electron chi connectivity index (χ4n) is 1.77. The van der Waals surface area contributed by atoms with Crippen molar-refractivity contribution in [3.05, 3.63) is 11.6 Å². The van der Waals surface area contributed by atoms with Crippen LogP contribution >= 0.6 is 11.8 Å². The third-order valence-electron chi connectivity index (χ3n) is 2.94. The van der Waals surface area contributed by atoms with Crippen LogP contribution in [0.5, 0.6) is 0 Å². The van der Waals surface area contributed by atoms with Gasteiger partial charge < -0.3 is 0 Å². The summed E-state index contributed by atoms with van der Waals surface area (Å²) in [5.74, 6) is 1.00. The topological polar surface area (TPSA) is 17.1 Å². The highest BCUT2D eigenvalue weighted by atomic mass is 32.2. The van der Waals surface area contributed by atoms with Crippen molar-refractivity contribution in [3.63, 3.8) is 0 Å². The summed E-state index contributed by atoms with van der Waals surface area (Å²) in [6.07, 6.45) is 13.3. The van der Waals surface area contributed by atoms with Crippen LogP contribution in [0.2, 0.25) is 0 Å². The average molecular weight is 270 g/mol. The second-order valence-corrected chi connectivity index (χ2v) is 6.33. The van der Waals surface area contributed by atoms with Crippen molar-refractivity contribution in [1.82, 2.24) is 0 Å². The van der Waals surface area contributed by atoms with Crippen molar-refractivity contribution >= 4 is 16.9 Å². The Bertz CT molecular complexity index is 229. The second kappa shape index (κ2) is 13.2. The van der Waals surface area contributed by atoms with E-state index in [4.69, 9.17) is 0 Å². The van der Waals surface area contributed by atoms with Gasteiger partial charge in [-0.1, -0.05) is 75.3 Å². The Labute approximate surface area is 118 Å². The average Bonchev–Trinajstić information content (AvgIpc) is 2.34. The predicted molar refractivity (Wildman–Crippen MR) is 84.1 cm³/mol. The molecule has 0 fully saturated rings. The van der Waals surface area contributed by atoms with E-state index in [1.54, 1.807) is 0 Å². The van der Waals surface area contributed by atoms with Crippen molar-refractivity contribution in [3.8, 4) is 0 Å². The summed E-state index contributed by atoms with van der Waals surface area (Å²) in [5, 5.41) is 0.319. The molecule has 106 valence electrons. The van der Waals surface area contributed by atoms with Gasteiger partial charge in [0.2, 0.25) is 0 Å². The Morgan fingerprint density at radius 2 is 1.50 bits per heavy atom. The number of allylic oxidation sites excluding steroid dienone is 2. The Morgan fingerprint density at radius 3 is 2.06 bits per heavy atom. The van der Waals surface area contributed by atoms with E-state index in [1.807, 2.05) is 19.9 Å². The van der Waals surface area contributed by atoms with Gasteiger partial charge in [0.1, 0.15) is 0 Å². The predicted octanol–water partition coefficient (Wildman–Crippen LogP) is 5.74. The molecule has 0 N–H and O–H groups in total. The first-order chi connectivity index (χ1) is 8.66. The number of unbranched alkanes of at least 4 members (excludes halogenated alkanes) is 7. The number of hydrogen-bond acceptors (Lipinski definition) is 2. The zero-order valence-corrected chi connectivity index (χ0v) is 13.3. The summed E-state index contributed by atoms with van der Waals surface area (Å²) >= 11 is 1.51. The van der Waals surface area contributed by atoms with Crippen molar-refractivity contribution in [2.24, 2.45) is 0 Å². The summed E-state index contributed by atoms with van der Waals surface area (Å²) in [6, 6.07) is 0. The van der Waals surface area contributed by atoms with Gasteiger partial charge in [-0.25, -0.2) is 0 Å². The number of carbonyl (C=O) groups excluding carboxylic acids is 1. The van der Waals surface area contributed by atoms with Crippen molar-refractivity contribution in [2.45, 2.75) is 78.6 Å². The Balaban J connectivity index is 3.20. The second-order valence-electron chi connectivity index (χ2n) is 5.18. The fourth-order valence-corrected chi connectivity index (χ4v) is 2.55. The number of hydrogen-bond donors (Lipinski definition) is 0. The quantitative estimate of drug-likeness (QED) is 0.351. The highest BCUT2D eigenvalue weighted by Gasteiger charge is 2.00. The van der Waals surface area contributed by atoms with E-state index < -0.39 is 0 Å². The Hall–Kier alpha value is -0.240. The van der Waals surface area contributed by atoms with Gasteiger partial charge in [0.25, 0.3) is 0 Å². The minimum absolute atomic E-state index is 0.319. The number of rotatable bonds is 11. The van der Waals surface area contributed by atoms with Crippen LogP contribution in [0.3, 0.4) is 0 Å². The minimum Gasteiger partial charge on any atom is -0.287 e. The van der Waals surface area contributed by atoms with Crippen LogP contribution in [0.15, 0.2) is 11.6 Å². The summed E-state index contributed by atoms with van der Waals surface area (Å²) in [7, 11) is 0. The standard InChI is InChI=1S/C16H30OS/c1-4-5-6-7-8-9-10-11-14-18-16(17)13-12-15(2)3/h12H,4-11,13-14H2,1-3H3. The molecule has 0 amide bonds. The van der Waals surface area contributed by atoms with Crippen LogP contribution in [-0.4, -0.2) is 10.9 Å². The SMILES string of the molecule is CCCCCCCCCCSC(=O)CC=C(C)C. The fraction of sp³-hybridized carbons (Fsp3) is 0.812. The van der Waals surface area contributed by atoms with Crippen LogP contribution in [0, 0.1) is 0 Å². The van der Waals surface area contributed by atoms with Crippen LogP contribution < -0.4 is 0 Å². The Morgan fingerprint density at radius 1 is 0.944 bits per heavy atom. The van der Waals surface area contributed by atoms with E-state index >= 15 is 0 Å². The molecule has 0 rings (SSSR count). The Kier molecular flexibility index (Phi) is 13.0. The lowest BCUT2D eigenvalue weighted by Crippen LogP contribution is -1.92. The number of thioether (sulfide) groups is 1. The molecule has 18 heavy (non-hydrogen) atoms. The molecule has 1 nitrogen and oxygen atoms in total. The molecule has 0 atom stereocenters. The molecule has 0 aromatic heterocycles. The largest absolute Gasteiger partial charge is 0.287 e. The molecule has 0 saturated heterocycles. The molecule has 0 aliphatic carbocycles. The van der Waals surface area contributed by atoms with Crippen molar-refractivity contribution in [2.75, 3.05) is 5.75 Å². The van der Waals surface area contributed by atoms with Gasteiger partial charge in [0.05, 0.1) is 0 Å². The highest BCUT2D eigenvalue weighted by Crippen LogP contribution is 2.13. The van der Waals surface area contributed by atoms with Crippen molar-refractivity contribution < 1.29 is 4.79 Å². The maximum atomic E-state index is 11.5. The van der Waals surface area contributed by atoms with E-state index in [0.29, 0.717) is 11.5 Å². The van der Waals surface area contributed by atoms with Gasteiger partial charge >= 0.3 is 0 Å². The van der Waals surface area contributed by atoms with Gasteiger partial charge in [-0.15, -0.1) is 0 Å². The van der Waals surface area contributed by atoms with E-state index in [1.165, 1.54) is 68.7 Å². The molecule has 0 heterocycles. The first-order valence-corrected chi connectivity index (χ1v) is 8.44. The summed E-state index contributed by atoms with van der Waals surface area (Å²) < 4.78 is 0. The molecule has 0 bridgehead atoms. The summed E-state index contributed by atoms with van der Waals surface area (Å²) in [5.41, 5.74) is 1.23. The van der Waals surface area contributed by atoms with E-state index in [0.717, 1.165) is 5.75 Å². The van der Waals surface area contributed by atoms with Crippen LogP contribution in [0.25, 0.3) is 0 Å². The zero-order valence-electron chi connectivity index (χ0n) is 12.5.